The molecular weight excluding hydrogens is 188 g/mol. The Morgan fingerprint density at radius 1 is 1.40 bits per heavy atom. The summed E-state index contributed by atoms with van der Waals surface area (Å²) in [6.45, 7) is 3.13. The number of carbonyl (C=O) groups is 1. The summed E-state index contributed by atoms with van der Waals surface area (Å²) in [6, 6.07) is 0. The Bertz CT molecular complexity index is 257. The van der Waals surface area contributed by atoms with E-state index in [4.69, 9.17) is 4.74 Å². The quantitative estimate of drug-likeness (QED) is 0.667. The summed E-state index contributed by atoms with van der Waals surface area (Å²) < 4.78 is 5.83. The third-order valence-corrected chi connectivity index (χ3v) is 3.66. The molecule has 2 nitrogen and oxygen atoms in total. The van der Waals surface area contributed by atoms with E-state index < -0.39 is 0 Å². The van der Waals surface area contributed by atoms with Crippen molar-refractivity contribution in [3.8, 4) is 0 Å². The molecule has 0 aromatic rings. The summed E-state index contributed by atoms with van der Waals surface area (Å²) >= 11 is 0. The molecule has 2 heteroatoms. The molecule has 0 saturated heterocycles. The predicted molar refractivity (Wildman–Crippen MR) is 59.6 cm³/mol. The van der Waals surface area contributed by atoms with Crippen LogP contribution in [-0.4, -0.2) is 18.5 Å². The molecule has 1 fully saturated rings. The van der Waals surface area contributed by atoms with Gasteiger partial charge in [0.15, 0.2) is 0 Å². The van der Waals surface area contributed by atoms with Gasteiger partial charge in [-0.05, 0) is 31.1 Å². The lowest BCUT2D eigenvalue weighted by atomic mass is 9.85. The van der Waals surface area contributed by atoms with Crippen molar-refractivity contribution in [1.29, 1.82) is 0 Å². The van der Waals surface area contributed by atoms with Crippen molar-refractivity contribution < 1.29 is 9.53 Å². The molecule has 2 rings (SSSR count). The van der Waals surface area contributed by atoms with E-state index in [9.17, 15) is 4.79 Å². The second-order valence-corrected chi connectivity index (χ2v) is 4.92. The number of ketones is 1. The van der Waals surface area contributed by atoms with Crippen LogP contribution in [0.4, 0.5) is 0 Å². The van der Waals surface area contributed by atoms with Gasteiger partial charge in [-0.3, -0.25) is 4.79 Å². The van der Waals surface area contributed by atoms with Crippen molar-refractivity contribution >= 4 is 5.78 Å². The van der Waals surface area contributed by atoms with Crippen molar-refractivity contribution in [2.24, 2.45) is 11.8 Å². The maximum atomic E-state index is 11.1. The van der Waals surface area contributed by atoms with Crippen molar-refractivity contribution in [2.45, 2.75) is 45.1 Å². The molecule has 0 spiro atoms. The normalized spacial score (nSPS) is 36.1. The molecule has 0 aliphatic heterocycles. The van der Waals surface area contributed by atoms with Crippen LogP contribution in [0.5, 0.6) is 0 Å². The molecule has 2 aliphatic carbocycles. The highest BCUT2D eigenvalue weighted by Gasteiger charge is 2.25. The van der Waals surface area contributed by atoms with Gasteiger partial charge in [-0.15, -0.1) is 0 Å². The highest BCUT2D eigenvalue weighted by molar-refractivity contribution is 5.81. The average Bonchev–Trinajstić information content (AvgIpc) is 2.63. The van der Waals surface area contributed by atoms with Crippen LogP contribution in [0.2, 0.25) is 0 Å². The van der Waals surface area contributed by atoms with Gasteiger partial charge in [0.1, 0.15) is 5.78 Å². The molecule has 0 aromatic heterocycles. The third kappa shape index (κ3) is 2.91. The molecule has 0 bridgehead atoms. The smallest absolute Gasteiger partial charge is 0.135 e. The van der Waals surface area contributed by atoms with E-state index in [-0.39, 0.29) is 6.10 Å². The van der Waals surface area contributed by atoms with Crippen LogP contribution in [0.15, 0.2) is 12.2 Å². The first-order chi connectivity index (χ1) is 7.25. The minimum absolute atomic E-state index is 0.218. The van der Waals surface area contributed by atoms with E-state index in [1.807, 2.05) is 0 Å². The zero-order valence-corrected chi connectivity index (χ0v) is 9.45. The van der Waals surface area contributed by atoms with E-state index in [1.165, 1.54) is 6.42 Å². The maximum Gasteiger partial charge on any atom is 0.135 e. The number of allylic oxidation sites excluding steroid dienone is 2. The zero-order valence-electron chi connectivity index (χ0n) is 9.45. The Kier molecular flexibility index (Phi) is 3.57. The highest BCUT2D eigenvalue weighted by Crippen LogP contribution is 2.27. The topological polar surface area (TPSA) is 26.3 Å². The summed E-state index contributed by atoms with van der Waals surface area (Å²) in [6.07, 6.45) is 9.38. The minimum atomic E-state index is 0.218. The molecule has 2 aliphatic rings. The van der Waals surface area contributed by atoms with Crippen LogP contribution in [0.1, 0.15) is 39.0 Å². The average molecular weight is 208 g/mol. The van der Waals surface area contributed by atoms with Gasteiger partial charge >= 0.3 is 0 Å². The molecule has 84 valence electrons. The number of hydrogen-bond acceptors (Lipinski definition) is 2. The Labute approximate surface area is 91.7 Å². The minimum Gasteiger partial charge on any atom is -0.377 e. The van der Waals surface area contributed by atoms with Gasteiger partial charge in [0, 0.05) is 12.8 Å². The SMILES string of the molecule is CC1CC=CCC1COC1CCC(=O)C1. The van der Waals surface area contributed by atoms with E-state index in [0.29, 0.717) is 18.1 Å². The van der Waals surface area contributed by atoms with Crippen LogP contribution in [-0.2, 0) is 9.53 Å². The van der Waals surface area contributed by atoms with Crippen molar-refractivity contribution in [3.05, 3.63) is 12.2 Å². The Morgan fingerprint density at radius 3 is 2.87 bits per heavy atom. The first-order valence-corrected chi connectivity index (χ1v) is 6.04. The van der Waals surface area contributed by atoms with E-state index >= 15 is 0 Å². The fourth-order valence-corrected chi connectivity index (χ4v) is 2.42. The van der Waals surface area contributed by atoms with Crippen LogP contribution in [0, 0.1) is 11.8 Å². The van der Waals surface area contributed by atoms with E-state index in [2.05, 4.69) is 19.1 Å². The van der Waals surface area contributed by atoms with Gasteiger partial charge in [-0.25, -0.2) is 0 Å². The first-order valence-electron chi connectivity index (χ1n) is 6.04. The van der Waals surface area contributed by atoms with Crippen molar-refractivity contribution in [3.63, 3.8) is 0 Å². The Hall–Kier alpha value is -0.630. The number of Topliss-reactive ketones (excluding diaryl/α,β-unsaturated/α-hetero) is 1. The number of carbonyl (C=O) groups excluding carboxylic acids is 1. The first kappa shape index (κ1) is 10.9. The highest BCUT2D eigenvalue weighted by atomic mass is 16.5. The molecule has 15 heavy (non-hydrogen) atoms. The standard InChI is InChI=1S/C13H20O2/c1-10-4-2-3-5-11(10)9-15-13-7-6-12(14)8-13/h2-3,10-11,13H,4-9H2,1H3. The van der Waals surface area contributed by atoms with Crippen LogP contribution in [0.3, 0.4) is 0 Å². The molecule has 1 saturated carbocycles. The van der Waals surface area contributed by atoms with Gasteiger partial charge in [0.05, 0.1) is 12.7 Å². The summed E-state index contributed by atoms with van der Waals surface area (Å²) in [7, 11) is 0. The molecule has 0 heterocycles. The zero-order chi connectivity index (χ0) is 10.7. The van der Waals surface area contributed by atoms with Gasteiger partial charge in [0.25, 0.3) is 0 Å². The summed E-state index contributed by atoms with van der Waals surface area (Å²) in [5.41, 5.74) is 0. The number of rotatable bonds is 3. The van der Waals surface area contributed by atoms with Gasteiger partial charge in [-0.2, -0.15) is 0 Å². The van der Waals surface area contributed by atoms with Gasteiger partial charge in [-0.1, -0.05) is 19.1 Å². The molecule has 3 atom stereocenters. The lowest BCUT2D eigenvalue weighted by molar-refractivity contribution is -0.118. The number of hydrogen-bond donors (Lipinski definition) is 0. The largest absolute Gasteiger partial charge is 0.377 e. The second kappa shape index (κ2) is 4.93. The number of ether oxygens (including phenoxy) is 1. The molecular formula is C13H20O2. The van der Waals surface area contributed by atoms with E-state index in [1.54, 1.807) is 0 Å². The summed E-state index contributed by atoms with van der Waals surface area (Å²) in [5, 5.41) is 0. The maximum absolute atomic E-state index is 11.1. The summed E-state index contributed by atoms with van der Waals surface area (Å²) in [5.74, 6) is 1.76. The Morgan fingerprint density at radius 2 is 2.20 bits per heavy atom. The lowest BCUT2D eigenvalue weighted by Gasteiger charge is -2.26. The van der Waals surface area contributed by atoms with Crippen LogP contribution >= 0.6 is 0 Å². The molecule has 0 N–H and O–H groups in total. The fourth-order valence-electron chi connectivity index (χ4n) is 2.42. The van der Waals surface area contributed by atoms with Crippen molar-refractivity contribution in [1.82, 2.24) is 0 Å². The van der Waals surface area contributed by atoms with E-state index in [0.717, 1.165) is 31.8 Å². The molecule has 3 unspecified atom stereocenters. The lowest BCUT2D eigenvalue weighted by Crippen LogP contribution is -2.22. The monoisotopic (exact) mass is 208 g/mol. The third-order valence-electron chi connectivity index (χ3n) is 3.66. The Balaban J connectivity index is 1.73. The fraction of sp³-hybridized carbons (Fsp3) is 0.769. The van der Waals surface area contributed by atoms with Gasteiger partial charge in [0.2, 0.25) is 0 Å². The predicted octanol–water partition coefficient (Wildman–Crippen LogP) is 2.73. The summed E-state index contributed by atoms with van der Waals surface area (Å²) in [4.78, 5) is 11.1. The van der Waals surface area contributed by atoms with Gasteiger partial charge < -0.3 is 4.74 Å². The van der Waals surface area contributed by atoms with Crippen LogP contribution in [0.25, 0.3) is 0 Å². The molecule has 0 amide bonds. The van der Waals surface area contributed by atoms with Crippen LogP contribution < -0.4 is 0 Å². The van der Waals surface area contributed by atoms with Crippen molar-refractivity contribution in [2.75, 3.05) is 6.61 Å². The second-order valence-electron chi connectivity index (χ2n) is 4.92. The molecule has 0 radical (unpaired) electrons. The molecule has 0 aromatic carbocycles.